The van der Waals surface area contributed by atoms with Crippen molar-refractivity contribution in [2.75, 3.05) is 13.1 Å². The third-order valence-electron chi connectivity index (χ3n) is 2.97. The molecule has 0 aliphatic carbocycles. The summed E-state index contributed by atoms with van der Waals surface area (Å²) in [5.74, 6) is -0.191. The van der Waals surface area contributed by atoms with Crippen molar-refractivity contribution >= 4 is 0 Å². The van der Waals surface area contributed by atoms with Gasteiger partial charge in [0.1, 0.15) is 5.82 Å². The van der Waals surface area contributed by atoms with Gasteiger partial charge in [0, 0.05) is 6.54 Å². The summed E-state index contributed by atoms with van der Waals surface area (Å²) < 4.78 is 13.1. The van der Waals surface area contributed by atoms with E-state index in [4.69, 9.17) is 5.73 Å². The third-order valence-corrected chi connectivity index (χ3v) is 2.97. The molecule has 1 aliphatic heterocycles. The zero-order valence-corrected chi connectivity index (χ0v) is 8.09. The largest absolute Gasteiger partial charge is 0.328 e. The van der Waals surface area contributed by atoms with Gasteiger partial charge >= 0.3 is 0 Å². The first-order chi connectivity index (χ1) is 6.77. The van der Waals surface area contributed by atoms with E-state index >= 15 is 0 Å². The lowest BCUT2D eigenvalue weighted by molar-refractivity contribution is 0.399. The Kier molecular flexibility index (Phi) is 2.52. The molecule has 0 aromatic heterocycles. The molecular formula is C11H15FN2. The first kappa shape index (κ1) is 9.62. The van der Waals surface area contributed by atoms with Gasteiger partial charge in [-0.05, 0) is 37.1 Å². The molecule has 3 heteroatoms. The fourth-order valence-electron chi connectivity index (χ4n) is 2.13. The normalized spacial score (nSPS) is 26.7. The molecule has 14 heavy (non-hydrogen) atoms. The standard InChI is InChI=1S/C11H15FN2/c12-10-4-1-3-9(7-10)11(8-13)5-2-6-14-11/h1,3-4,7,14H,2,5-6,8,13H2. The number of hydrogen-bond donors (Lipinski definition) is 2. The molecule has 0 spiro atoms. The maximum Gasteiger partial charge on any atom is 0.123 e. The van der Waals surface area contributed by atoms with Crippen LogP contribution in [0, 0.1) is 5.82 Å². The zero-order chi connectivity index (χ0) is 10.0. The highest BCUT2D eigenvalue weighted by Gasteiger charge is 2.33. The van der Waals surface area contributed by atoms with Crippen molar-refractivity contribution in [3.63, 3.8) is 0 Å². The Morgan fingerprint density at radius 3 is 2.93 bits per heavy atom. The second-order valence-corrected chi connectivity index (χ2v) is 3.83. The third kappa shape index (κ3) is 1.53. The molecule has 1 aliphatic rings. The Hall–Kier alpha value is -0.930. The van der Waals surface area contributed by atoms with E-state index < -0.39 is 0 Å². The molecule has 2 nitrogen and oxygen atoms in total. The Labute approximate surface area is 83.3 Å². The van der Waals surface area contributed by atoms with E-state index in [-0.39, 0.29) is 11.4 Å². The van der Waals surface area contributed by atoms with Crippen LogP contribution in [0.15, 0.2) is 24.3 Å². The Morgan fingerprint density at radius 2 is 2.36 bits per heavy atom. The SMILES string of the molecule is NCC1(c2cccc(F)c2)CCCN1. The molecule has 0 bridgehead atoms. The van der Waals surface area contributed by atoms with E-state index in [0.717, 1.165) is 24.9 Å². The molecule has 3 N–H and O–H groups in total. The summed E-state index contributed by atoms with van der Waals surface area (Å²) in [6, 6.07) is 6.71. The van der Waals surface area contributed by atoms with Crippen LogP contribution in [0.25, 0.3) is 0 Å². The van der Waals surface area contributed by atoms with E-state index in [0.29, 0.717) is 6.54 Å². The Balaban J connectivity index is 2.35. The quantitative estimate of drug-likeness (QED) is 0.746. The van der Waals surface area contributed by atoms with Crippen LogP contribution in [-0.2, 0) is 5.54 Å². The number of nitrogens with one attached hydrogen (secondary N) is 1. The maximum absolute atomic E-state index is 13.1. The molecule has 2 rings (SSSR count). The van der Waals surface area contributed by atoms with Crippen molar-refractivity contribution in [3.8, 4) is 0 Å². The topological polar surface area (TPSA) is 38.0 Å². The fourth-order valence-corrected chi connectivity index (χ4v) is 2.13. The smallest absolute Gasteiger partial charge is 0.123 e. The summed E-state index contributed by atoms with van der Waals surface area (Å²) in [6.07, 6.45) is 2.10. The summed E-state index contributed by atoms with van der Waals surface area (Å²) in [7, 11) is 0. The van der Waals surface area contributed by atoms with Crippen LogP contribution in [0.1, 0.15) is 18.4 Å². The summed E-state index contributed by atoms with van der Waals surface area (Å²) >= 11 is 0. The van der Waals surface area contributed by atoms with Gasteiger partial charge in [-0.25, -0.2) is 4.39 Å². The van der Waals surface area contributed by atoms with Gasteiger partial charge in [-0.1, -0.05) is 12.1 Å². The van der Waals surface area contributed by atoms with Crippen molar-refractivity contribution in [1.29, 1.82) is 0 Å². The fraction of sp³-hybridized carbons (Fsp3) is 0.455. The average Bonchev–Trinajstić information content (AvgIpc) is 2.67. The predicted molar refractivity (Wildman–Crippen MR) is 54.4 cm³/mol. The highest BCUT2D eigenvalue weighted by molar-refractivity contribution is 5.27. The first-order valence-electron chi connectivity index (χ1n) is 4.98. The van der Waals surface area contributed by atoms with Crippen LogP contribution in [0.3, 0.4) is 0 Å². The van der Waals surface area contributed by atoms with Crippen molar-refractivity contribution in [1.82, 2.24) is 5.32 Å². The Morgan fingerprint density at radius 1 is 1.50 bits per heavy atom. The second kappa shape index (κ2) is 3.67. The summed E-state index contributed by atoms with van der Waals surface area (Å²) in [4.78, 5) is 0. The van der Waals surface area contributed by atoms with Gasteiger partial charge in [-0.2, -0.15) is 0 Å². The molecule has 0 saturated carbocycles. The Bertz CT molecular complexity index is 319. The van der Waals surface area contributed by atoms with E-state index in [1.165, 1.54) is 6.07 Å². The molecule has 1 atom stereocenters. The molecule has 1 aromatic rings. The summed E-state index contributed by atoms with van der Waals surface area (Å²) in [6.45, 7) is 1.49. The molecule has 1 saturated heterocycles. The predicted octanol–water partition coefficient (Wildman–Crippen LogP) is 1.36. The number of nitrogens with two attached hydrogens (primary N) is 1. The van der Waals surface area contributed by atoms with E-state index in [9.17, 15) is 4.39 Å². The lowest BCUT2D eigenvalue weighted by Gasteiger charge is -2.28. The van der Waals surface area contributed by atoms with Crippen LogP contribution in [-0.4, -0.2) is 13.1 Å². The van der Waals surface area contributed by atoms with E-state index in [2.05, 4.69) is 5.32 Å². The zero-order valence-electron chi connectivity index (χ0n) is 8.09. The molecule has 76 valence electrons. The molecular weight excluding hydrogens is 179 g/mol. The van der Waals surface area contributed by atoms with Gasteiger partial charge in [0.2, 0.25) is 0 Å². The van der Waals surface area contributed by atoms with Gasteiger partial charge < -0.3 is 11.1 Å². The van der Waals surface area contributed by atoms with Crippen molar-refractivity contribution in [2.24, 2.45) is 5.73 Å². The van der Waals surface area contributed by atoms with Crippen LogP contribution < -0.4 is 11.1 Å². The van der Waals surface area contributed by atoms with E-state index in [1.54, 1.807) is 12.1 Å². The van der Waals surface area contributed by atoms with Crippen LogP contribution in [0.4, 0.5) is 4.39 Å². The lowest BCUT2D eigenvalue weighted by atomic mass is 9.88. The van der Waals surface area contributed by atoms with Crippen molar-refractivity contribution in [2.45, 2.75) is 18.4 Å². The average molecular weight is 194 g/mol. The van der Waals surface area contributed by atoms with Crippen LogP contribution >= 0.6 is 0 Å². The van der Waals surface area contributed by atoms with Crippen LogP contribution in [0.5, 0.6) is 0 Å². The van der Waals surface area contributed by atoms with Gasteiger partial charge in [0.15, 0.2) is 0 Å². The monoisotopic (exact) mass is 194 g/mol. The van der Waals surface area contributed by atoms with Gasteiger partial charge in [-0.3, -0.25) is 0 Å². The molecule has 1 unspecified atom stereocenters. The molecule has 0 radical (unpaired) electrons. The summed E-state index contributed by atoms with van der Waals surface area (Å²) in [5, 5.41) is 3.37. The van der Waals surface area contributed by atoms with Gasteiger partial charge in [0.25, 0.3) is 0 Å². The number of benzene rings is 1. The van der Waals surface area contributed by atoms with Gasteiger partial charge in [-0.15, -0.1) is 0 Å². The number of hydrogen-bond acceptors (Lipinski definition) is 2. The first-order valence-corrected chi connectivity index (χ1v) is 4.98. The summed E-state index contributed by atoms with van der Waals surface area (Å²) in [5.41, 5.74) is 6.54. The van der Waals surface area contributed by atoms with Gasteiger partial charge in [0.05, 0.1) is 5.54 Å². The molecule has 1 heterocycles. The minimum atomic E-state index is -0.192. The molecule has 0 amide bonds. The van der Waals surface area contributed by atoms with E-state index in [1.807, 2.05) is 6.07 Å². The molecule has 1 aromatic carbocycles. The minimum Gasteiger partial charge on any atom is -0.328 e. The highest BCUT2D eigenvalue weighted by Crippen LogP contribution is 2.29. The highest BCUT2D eigenvalue weighted by atomic mass is 19.1. The lowest BCUT2D eigenvalue weighted by Crippen LogP contribution is -2.43. The second-order valence-electron chi connectivity index (χ2n) is 3.83. The number of halogens is 1. The van der Waals surface area contributed by atoms with Crippen LogP contribution in [0.2, 0.25) is 0 Å². The van der Waals surface area contributed by atoms with Crippen molar-refractivity contribution in [3.05, 3.63) is 35.6 Å². The number of rotatable bonds is 2. The minimum absolute atomic E-state index is 0.191. The molecule has 1 fully saturated rings. The maximum atomic E-state index is 13.1. The van der Waals surface area contributed by atoms with Crippen molar-refractivity contribution < 1.29 is 4.39 Å².